The van der Waals surface area contributed by atoms with Gasteiger partial charge in [-0.15, -0.1) is 0 Å². The van der Waals surface area contributed by atoms with E-state index >= 15 is 0 Å². The highest BCUT2D eigenvalue weighted by Crippen LogP contribution is 2.19. The van der Waals surface area contributed by atoms with Crippen molar-refractivity contribution in [3.63, 3.8) is 0 Å². The van der Waals surface area contributed by atoms with Gasteiger partial charge in [-0.05, 0) is 79.2 Å². The maximum absolute atomic E-state index is 5.87. The molecule has 0 aliphatic heterocycles. The van der Waals surface area contributed by atoms with Crippen LogP contribution in [0, 0.1) is 13.8 Å². The molecule has 5 heteroatoms. The van der Waals surface area contributed by atoms with E-state index in [0.717, 1.165) is 24.5 Å². The molecule has 174 valence electrons. The fourth-order valence-corrected chi connectivity index (χ4v) is 4.28. The molecule has 1 aromatic heterocycles. The van der Waals surface area contributed by atoms with Crippen LogP contribution in [0.3, 0.4) is 0 Å². The second kappa shape index (κ2) is 11.0. The van der Waals surface area contributed by atoms with Crippen LogP contribution in [-0.4, -0.2) is 21.7 Å². The Morgan fingerprint density at radius 1 is 0.912 bits per heavy atom. The van der Waals surface area contributed by atoms with Crippen LogP contribution in [0.5, 0.6) is 5.75 Å². The minimum Gasteiger partial charge on any atom is -0.497 e. The molecule has 0 saturated heterocycles. The summed E-state index contributed by atoms with van der Waals surface area (Å²) in [6.45, 7) is 6.58. The van der Waals surface area contributed by atoms with E-state index in [0.29, 0.717) is 11.7 Å². The molecule has 3 aromatic carbocycles. The maximum atomic E-state index is 5.87. The maximum Gasteiger partial charge on any atom is 0.174 e. The number of methoxy groups -OCH3 is 1. The number of hydrogen-bond acceptors (Lipinski definition) is 2. The molecule has 0 bridgehead atoms. The van der Waals surface area contributed by atoms with Crippen LogP contribution in [0.2, 0.25) is 0 Å². The predicted molar refractivity (Wildman–Crippen MR) is 144 cm³/mol. The zero-order valence-electron chi connectivity index (χ0n) is 20.0. The summed E-state index contributed by atoms with van der Waals surface area (Å²) in [6.07, 6.45) is 2.15. The van der Waals surface area contributed by atoms with Crippen LogP contribution in [0.15, 0.2) is 91.1 Å². The summed E-state index contributed by atoms with van der Waals surface area (Å²) in [5.41, 5.74) is 7.31. The predicted octanol–water partition coefficient (Wildman–Crippen LogP) is 6.56. The molecule has 0 amide bonds. The number of aromatic nitrogens is 1. The van der Waals surface area contributed by atoms with Gasteiger partial charge in [-0.25, -0.2) is 0 Å². The van der Waals surface area contributed by atoms with Crippen LogP contribution < -0.4 is 10.1 Å². The lowest BCUT2D eigenvalue weighted by molar-refractivity contribution is 0.399. The van der Waals surface area contributed by atoms with Gasteiger partial charge in [0, 0.05) is 30.7 Å². The third-order valence-electron chi connectivity index (χ3n) is 5.96. The lowest BCUT2D eigenvalue weighted by Crippen LogP contribution is -2.34. The summed E-state index contributed by atoms with van der Waals surface area (Å²) in [7, 11) is 1.67. The van der Waals surface area contributed by atoms with E-state index < -0.39 is 0 Å². The lowest BCUT2D eigenvalue weighted by atomic mass is 10.1. The standard InChI is InChI=1S/C29H31N3OS/c1-22-11-12-25(23(2)18-22)20-31-17-7-10-27(31)21-32(19-24-8-5-4-6-9-24)29(34)30-26-13-15-28(33-3)16-14-26/h4-18H,19-21H2,1-3H3,(H,30,34). The highest BCUT2D eigenvalue weighted by molar-refractivity contribution is 7.80. The van der Waals surface area contributed by atoms with Crippen molar-refractivity contribution in [2.24, 2.45) is 0 Å². The van der Waals surface area contributed by atoms with Crippen molar-refractivity contribution in [2.75, 3.05) is 12.4 Å². The Kier molecular flexibility index (Phi) is 7.65. The van der Waals surface area contributed by atoms with Crippen molar-refractivity contribution in [1.82, 2.24) is 9.47 Å². The summed E-state index contributed by atoms with van der Waals surface area (Å²) in [6, 6.07) is 29.2. The molecule has 0 fully saturated rings. The molecule has 0 unspecified atom stereocenters. The first-order valence-corrected chi connectivity index (χ1v) is 11.9. The fraction of sp³-hybridized carbons (Fsp3) is 0.207. The van der Waals surface area contributed by atoms with Gasteiger partial charge in [0.2, 0.25) is 0 Å². The van der Waals surface area contributed by atoms with Gasteiger partial charge in [0.05, 0.1) is 13.7 Å². The van der Waals surface area contributed by atoms with Gasteiger partial charge in [0.15, 0.2) is 5.11 Å². The molecule has 4 nitrogen and oxygen atoms in total. The topological polar surface area (TPSA) is 29.4 Å². The molecule has 0 radical (unpaired) electrons. The van der Waals surface area contributed by atoms with E-state index in [2.05, 4.69) is 89.4 Å². The monoisotopic (exact) mass is 469 g/mol. The van der Waals surface area contributed by atoms with Crippen molar-refractivity contribution < 1.29 is 4.74 Å². The molecule has 1 N–H and O–H groups in total. The minimum atomic E-state index is 0.688. The quantitative estimate of drug-likeness (QED) is 0.296. The molecule has 0 aliphatic carbocycles. The Morgan fingerprint density at radius 2 is 1.68 bits per heavy atom. The minimum absolute atomic E-state index is 0.688. The van der Waals surface area contributed by atoms with Gasteiger partial charge < -0.3 is 19.5 Å². The third-order valence-corrected chi connectivity index (χ3v) is 6.32. The van der Waals surface area contributed by atoms with Gasteiger partial charge in [-0.2, -0.15) is 0 Å². The largest absolute Gasteiger partial charge is 0.497 e. The Bertz CT molecular complexity index is 1230. The molecule has 4 rings (SSSR count). The summed E-state index contributed by atoms with van der Waals surface area (Å²) in [4.78, 5) is 2.21. The van der Waals surface area contributed by atoms with Gasteiger partial charge in [0.25, 0.3) is 0 Å². The van der Waals surface area contributed by atoms with Crippen LogP contribution in [0.25, 0.3) is 0 Å². The summed E-state index contributed by atoms with van der Waals surface area (Å²) in [5, 5.41) is 4.09. The second-order valence-electron chi connectivity index (χ2n) is 8.56. The Labute approximate surface area is 207 Å². The fourth-order valence-electron chi connectivity index (χ4n) is 4.03. The lowest BCUT2D eigenvalue weighted by Gasteiger charge is -2.27. The van der Waals surface area contributed by atoms with Gasteiger partial charge in [-0.1, -0.05) is 54.1 Å². The van der Waals surface area contributed by atoms with E-state index in [9.17, 15) is 0 Å². The Morgan fingerprint density at radius 3 is 2.38 bits per heavy atom. The van der Waals surface area contributed by atoms with Crippen molar-refractivity contribution in [2.45, 2.75) is 33.5 Å². The van der Waals surface area contributed by atoms with Gasteiger partial charge >= 0.3 is 0 Å². The Balaban J connectivity index is 1.55. The normalized spacial score (nSPS) is 10.7. The van der Waals surface area contributed by atoms with Crippen molar-refractivity contribution in [3.8, 4) is 5.75 Å². The van der Waals surface area contributed by atoms with E-state index in [1.54, 1.807) is 7.11 Å². The zero-order valence-corrected chi connectivity index (χ0v) is 20.8. The highest BCUT2D eigenvalue weighted by Gasteiger charge is 2.14. The first kappa shape index (κ1) is 23.6. The number of nitrogens with one attached hydrogen (secondary N) is 1. The average Bonchev–Trinajstić information content (AvgIpc) is 3.28. The highest BCUT2D eigenvalue weighted by atomic mass is 32.1. The van der Waals surface area contributed by atoms with E-state index in [1.807, 2.05) is 30.3 Å². The smallest absolute Gasteiger partial charge is 0.174 e. The van der Waals surface area contributed by atoms with E-state index in [1.165, 1.54) is 27.9 Å². The molecule has 0 saturated carbocycles. The van der Waals surface area contributed by atoms with E-state index in [4.69, 9.17) is 17.0 Å². The molecule has 1 heterocycles. The van der Waals surface area contributed by atoms with Crippen LogP contribution >= 0.6 is 12.2 Å². The first-order valence-electron chi connectivity index (χ1n) is 11.5. The summed E-state index contributed by atoms with van der Waals surface area (Å²) < 4.78 is 7.58. The molecule has 34 heavy (non-hydrogen) atoms. The van der Waals surface area contributed by atoms with Crippen LogP contribution in [0.1, 0.15) is 27.9 Å². The van der Waals surface area contributed by atoms with Crippen molar-refractivity contribution >= 4 is 23.0 Å². The average molecular weight is 470 g/mol. The number of ether oxygens (including phenoxy) is 1. The first-order chi connectivity index (χ1) is 16.5. The molecule has 4 aromatic rings. The summed E-state index contributed by atoms with van der Waals surface area (Å²) >= 11 is 5.87. The van der Waals surface area contributed by atoms with Crippen LogP contribution in [0.4, 0.5) is 5.69 Å². The zero-order chi connectivity index (χ0) is 23.9. The van der Waals surface area contributed by atoms with Crippen molar-refractivity contribution in [1.29, 1.82) is 0 Å². The SMILES string of the molecule is COc1ccc(NC(=S)N(Cc2ccccc2)Cc2cccn2Cc2ccc(C)cc2C)cc1. The van der Waals surface area contributed by atoms with Gasteiger partial charge in [0.1, 0.15) is 5.75 Å². The summed E-state index contributed by atoms with van der Waals surface area (Å²) in [5.74, 6) is 0.821. The van der Waals surface area contributed by atoms with Gasteiger partial charge in [-0.3, -0.25) is 0 Å². The number of hydrogen-bond donors (Lipinski definition) is 1. The molecular formula is C29H31N3OS. The third kappa shape index (κ3) is 6.06. The van der Waals surface area contributed by atoms with E-state index in [-0.39, 0.29) is 0 Å². The number of anilines is 1. The molecule has 0 atom stereocenters. The number of nitrogens with zero attached hydrogens (tertiary/aromatic N) is 2. The number of rotatable bonds is 8. The molecule has 0 aliphatic rings. The molecule has 0 spiro atoms. The Hall–Kier alpha value is -3.57. The van der Waals surface area contributed by atoms with Crippen molar-refractivity contribution in [3.05, 3.63) is 119 Å². The number of benzene rings is 3. The number of thiocarbonyl (C=S) groups is 1. The second-order valence-corrected chi connectivity index (χ2v) is 8.94. The van der Waals surface area contributed by atoms with Crippen LogP contribution in [-0.2, 0) is 19.6 Å². The molecular weight excluding hydrogens is 438 g/mol. The number of aryl methyl sites for hydroxylation is 2.